The maximum atomic E-state index is 5.82. The van der Waals surface area contributed by atoms with E-state index in [4.69, 9.17) is 4.74 Å². The first kappa shape index (κ1) is 11.4. The topological polar surface area (TPSA) is 12.5 Å². The van der Waals surface area contributed by atoms with Crippen molar-refractivity contribution in [2.75, 3.05) is 26.3 Å². The third kappa shape index (κ3) is 2.21. The molecule has 88 valence electrons. The van der Waals surface area contributed by atoms with Crippen LogP contribution in [0, 0.1) is 5.41 Å². The minimum atomic E-state index is 0.401. The molecule has 2 aliphatic rings. The molecule has 0 spiro atoms. The summed E-state index contributed by atoms with van der Waals surface area (Å²) in [5.41, 5.74) is 0.897. The highest BCUT2D eigenvalue weighted by molar-refractivity contribution is 5.06. The molecule has 0 aromatic carbocycles. The largest absolute Gasteiger partial charge is 0.380 e. The van der Waals surface area contributed by atoms with Crippen LogP contribution in [0.15, 0.2) is 0 Å². The van der Waals surface area contributed by atoms with Crippen LogP contribution in [0.5, 0.6) is 0 Å². The van der Waals surface area contributed by atoms with Gasteiger partial charge in [-0.25, -0.2) is 0 Å². The zero-order valence-corrected chi connectivity index (χ0v) is 10.5. The van der Waals surface area contributed by atoms with Gasteiger partial charge in [-0.1, -0.05) is 20.8 Å². The molecule has 0 aromatic heterocycles. The fourth-order valence-electron chi connectivity index (χ4n) is 3.53. The lowest BCUT2D eigenvalue weighted by atomic mass is 9.83. The Hall–Kier alpha value is -0.0800. The highest BCUT2D eigenvalue weighted by Crippen LogP contribution is 2.47. The van der Waals surface area contributed by atoms with Crippen LogP contribution in [-0.2, 0) is 4.74 Å². The highest BCUT2D eigenvalue weighted by atomic mass is 16.5. The summed E-state index contributed by atoms with van der Waals surface area (Å²) in [7, 11) is 0. The molecule has 0 aromatic rings. The number of fused-ring (bicyclic) bond motifs is 1. The molecule has 0 radical (unpaired) electrons. The van der Waals surface area contributed by atoms with Crippen molar-refractivity contribution in [2.24, 2.45) is 5.41 Å². The predicted octanol–water partition coefficient (Wildman–Crippen LogP) is 2.68. The van der Waals surface area contributed by atoms with Crippen LogP contribution in [0.1, 0.15) is 46.5 Å². The number of ether oxygens (including phenoxy) is 1. The zero-order valence-electron chi connectivity index (χ0n) is 10.5. The maximum absolute atomic E-state index is 5.82. The van der Waals surface area contributed by atoms with Gasteiger partial charge in [0.1, 0.15) is 0 Å². The van der Waals surface area contributed by atoms with Crippen molar-refractivity contribution in [2.45, 2.75) is 52.0 Å². The number of rotatable bonds is 4. The van der Waals surface area contributed by atoms with E-state index in [9.17, 15) is 0 Å². The Morgan fingerprint density at radius 3 is 2.87 bits per heavy atom. The van der Waals surface area contributed by atoms with Crippen molar-refractivity contribution in [3.8, 4) is 0 Å². The second-order valence-corrected chi connectivity index (χ2v) is 6.14. The highest BCUT2D eigenvalue weighted by Gasteiger charge is 2.51. The molecule has 2 heteroatoms. The van der Waals surface area contributed by atoms with Gasteiger partial charge in [0.25, 0.3) is 0 Å². The quantitative estimate of drug-likeness (QED) is 0.663. The first-order valence-corrected chi connectivity index (χ1v) is 6.41. The molecule has 2 heterocycles. The molecular weight excluding hydrogens is 186 g/mol. The van der Waals surface area contributed by atoms with Crippen molar-refractivity contribution in [3.05, 3.63) is 0 Å². The maximum Gasteiger partial charge on any atom is 0.0650 e. The summed E-state index contributed by atoms with van der Waals surface area (Å²) >= 11 is 0. The average molecular weight is 211 g/mol. The van der Waals surface area contributed by atoms with E-state index in [0.29, 0.717) is 11.0 Å². The van der Waals surface area contributed by atoms with Gasteiger partial charge in [-0.15, -0.1) is 0 Å². The van der Waals surface area contributed by atoms with Crippen LogP contribution in [0.25, 0.3) is 0 Å². The first-order valence-electron chi connectivity index (χ1n) is 6.41. The molecule has 2 nitrogen and oxygen atoms in total. The van der Waals surface area contributed by atoms with E-state index in [1.165, 1.54) is 32.4 Å². The van der Waals surface area contributed by atoms with E-state index in [1.54, 1.807) is 0 Å². The van der Waals surface area contributed by atoms with Crippen LogP contribution in [0.3, 0.4) is 0 Å². The van der Waals surface area contributed by atoms with Crippen molar-refractivity contribution >= 4 is 0 Å². The first-order chi connectivity index (χ1) is 7.08. The van der Waals surface area contributed by atoms with Gasteiger partial charge in [0, 0.05) is 18.7 Å². The third-order valence-electron chi connectivity index (χ3n) is 3.89. The Kier molecular flexibility index (Phi) is 3.09. The van der Waals surface area contributed by atoms with Gasteiger partial charge in [0.2, 0.25) is 0 Å². The predicted molar refractivity (Wildman–Crippen MR) is 63.0 cm³/mol. The van der Waals surface area contributed by atoms with Gasteiger partial charge in [-0.05, 0) is 37.6 Å². The van der Waals surface area contributed by atoms with Crippen LogP contribution in [0.2, 0.25) is 0 Å². The van der Waals surface area contributed by atoms with E-state index < -0.39 is 0 Å². The lowest BCUT2D eigenvalue weighted by Crippen LogP contribution is -2.42. The van der Waals surface area contributed by atoms with Crippen molar-refractivity contribution in [1.29, 1.82) is 0 Å². The standard InChI is InChI=1S/C13H25NO/c1-4-8-15-11-13-6-5-7-14(13)10-12(2,3)9-13/h4-11H2,1-3H3/t13-/m1/s1. The van der Waals surface area contributed by atoms with Crippen molar-refractivity contribution < 1.29 is 4.74 Å². The molecule has 0 aliphatic carbocycles. The van der Waals surface area contributed by atoms with Gasteiger partial charge in [0.15, 0.2) is 0 Å². The van der Waals surface area contributed by atoms with E-state index in [1.807, 2.05) is 0 Å². The lowest BCUT2D eigenvalue weighted by molar-refractivity contribution is 0.0352. The summed E-state index contributed by atoms with van der Waals surface area (Å²) in [6.45, 7) is 11.4. The Labute approximate surface area is 94.0 Å². The van der Waals surface area contributed by atoms with Gasteiger partial charge < -0.3 is 4.74 Å². The molecule has 0 unspecified atom stereocenters. The molecular formula is C13H25NO. The molecule has 2 saturated heterocycles. The second-order valence-electron chi connectivity index (χ2n) is 6.14. The van der Waals surface area contributed by atoms with Gasteiger partial charge in [0.05, 0.1) is 6.61 Å². The van der Waals surface area contributed by atoms with E-state index in [0.717, 1.165) is 19.6 Å². The Morgan fingerprint density at radius 2 is 2.13 bits per heavy atom. The normalized spacial score (nSPS) is 34.6. The molecule has 0 saturated carbocycles. The minimum absolute atomic E-state index is 0.401. The minimum Gasteiger partial charge on any atom is -0.380 e. The molecule has 2 aliphatic heterocycles. The summed E-state index contributed by atoms with van der Waals surface area (Å²) in [6.07, 6.45) is 5.18. The smallest absolute Gasteiger partial charge is 0.0650 e. The Balaban J connectivity index is 1.98. The number of hydrogen-bond donors (Lipinski definition) is 0. The average Bonchev–Trinajstić information content (AvgIpc) is 2.57. The van der Waals surface area contributed by atoms with Crippen LogP contribution >= 0.6 is 0 Å². The second kappa shape index (κ2) is 4.06. The molecule has 2 fully saturated rings. The van der Waals surface area contributed by atoms with Crippen molar-refractivity contribution in [1.82, 2.24) is 4.90 Å². The fraction of sp³-hybridized carbons (Fsp3) is 1.00. The third-order valence-corrected chi connectivity index (χ3v) is 3.89. The van der Waals surface area contributed by atoms with Gasteiger partial charge in [-0.2, -0.15) is 0 Å². The Bertz CT molecular complexity index is 227. The molecule has 1 atom stereocenters. The Morgan fingerprint density at radius 1 is 1.33 bits per heavy atom. The number of hydrogen-bond acceptors (Lipinski definition) is 2. The van der Waals surface area contributed by atoms with Crippen molar-refractivity contribution in [3.63, 3.8) is 0 Å². The van der Waals surface area contributed by atoms with Crippen LogP contribution in [0.4, 0.5) is 0 Å². The zero-order chi connectivity index (χ0) is 10.9. The van der Waals surface area contributed by atoms with E-state index >= 15 is 0 Å². The molecule has 0 bridgehead atoms. The fourth-order valence-corrected chi connectivity index (χ4v) is 3.53. The SMILES string of the molecule is CCCOC[C@]12CCCN1CC(C)(C)C2. The summed E-state index contributed by atoms with van der Waals surface area (Å²) < 4.78 is 5.82. The molecule has 2 rings (SSSR count). The molecule has 15 heavy (non-hydrogen) atoms. The van der Waals surface area contributed by atoms with E-state index in [-0.39, 0.29) is 0 Å². The van der Waals surface area contributed by atoms with E-state index in [2.05, 4.69) is 25.7 Å². The van der Waals surface area contributed by atoms with Crippen LogP contribution in [-0.4, -0.2) is 36.7 Å². The van der Waals surface area contributed by atoms with Crippen LogP contribution < -0.4 is 0 Å². The van der Waals surface area contributed by atoms with Gasteiger partial charge in [-0.3, -0.25) is 4.90 Å². The summed E-state index contributed by atoms with van der Waals surface area (Å²) in [5.74, 6) is 0. The van der Waals surface area contributed by atoms with Gasteiger partial charge >= 0.3 is 0 Å². The monoisotopic (exact) mass is 211 g/mol. The molecule has 0 amide bonds. The summed E-state index contributed by atoms with van der Waals surface area (Å²) in [5, 5.41) is 0. The lowest BCUT2D eigenvalue weighted by Gasteiger charge is -2.31. The molecule has 0 N–H and O–H groups in total. The summed E-state index contributed by atoms with van der Waals surface area (Å²) in [6, 6.07) is 0. The number of nitrogens with zero attached hydrogens (tertiary/aromatic N) is 1. The summed E-state index contributed by atoms with van der Waals surface area (Å²) in [4.78, 5) is 2.68.